The quantitative estimate of drug-likeness (QED) is 0.845. The third-order valence-corrected chi connectivity index (χ3v) is 3.52. The fourth-order valence-electron chi connectivity index (χ4n) is 2.26. The van der Waals surface area contributed by atoms with Crippen LogP contribution in [0.5, 0.6) is 5.75 Å². The lowest BCUT2D eigenvalue weighted by molar-refractivity contribution is 0.242. The molecule has 0 bridgehead atoms. The van der Waals surface area contributed by atoms with E-state index in [0.29, 0.717) is 12.5 Å². The molecule has 0 saturated heterocycles. The number of hydrogen-bond acceptors (Lipinski definition) is 2. The molecule has 0 amide bonds. The lowest BCUT2D eigenvalue weighted by Gasteiger charge is -2.13. The molecule has 2 unspecified atom stereocenters. The maximum atomic E-state index is 9.15. The molecular weight excluding hydrogens is 200 g/mol. The van der Waals surface area contributed by atoms with Gasteiger partial charge in [-0.25, -0.2) is 0 Å². The molecule has 88 valence electrons. The van der Waals surface area contributed by atoms with E-state index < -0.39 is 0 Å². The summed E-state index contributed by atoms with van der Waals surface area (Å²) in [6, 6.07) is 8.28. The fraction of sp³-hybridized carbons (Fsp3) is 0.571. The van der Waals surface area contributed by atoms with E-state index in [-0.39, 0.29) is 11.5 Å². The Bertz CT molecular complexity index is 356. The fourth-order valence-corrected chi connectivity index (χ4v) is 2.26. The first-order valence-electron chi connectivity index (χ1n) is 5.94. The van der Waals surface area contributed by atoms with Gasteiger partial charge in [0.1, 0.15) is 5.75 Å². The zero-order valence-electron chi connectivity index (χ0n) is 10.2. The zero-order chi connectivity index (χ0) is 11.8. The van der Waals surface area contributed by atoms with E-state index in [1.54, 1.807) is 0 Å². The predicted octanol–water partition coefficient (Wildman–Crippen LogP) is 2.74. The Labute approximate surface area is 97.3 Å². The van der Waals surface area contributed by atoms with Crippen molar-refractivity contribution < 1.29 is 9.84 Å². The summed E-state index contributed by atoms with van der Waals surface area (Å²) in [4.78, 5) is 0. The standard InChI is InChI=1S/C14H20O2/c1-10(2)16-13-6-4-11(5-7-13)14(3)8-12(14)9-15/h4-7,10,12,15H,8-9H2,1-3H3. The second kappa shape index (κ2) is 4.10. The van der Waals surface area contributed by atoms with Gasteiger partial charge in [0.2, 0.25) is 0 Å². The molecule has 1 N–H and O–H groups in total. The Balaban J connectivity index is 2.09. The van der Waals surface area contributed by atoms with Gasteiger partial charge in [-0.05, 0) is 49.3 Å². The molecule has 1 aliphatic rings. The molecule has 0 heterocycles. The Morgan fingerprint density at radius 3 is 2.44 bits per heavy atom. The number of hydrogen-bond donors (Lipinski definition) is 1. The van der Waals surface area contributed by atoms with Gasteiger partial charge in [0.25, 0.3) is 0 Å². The molecule has 2 atom stereocenters. The van der Waals surface area contributed by atoms with Gasteiger partial charge >= 0.3 is 0 Å². The van der Waals surface area contributed by atoms with Crippen molar-refractivity contribution in [1.82, 2.24) is 0 Å². The van der Waals surface area contributed by atoms with Crippen molar-refractivity contribution in [3.05, 3.63) is 29.8 Å². The van der Waals surface area contributed by atoms with Gasteiger partial charge in [-0.3, -0.25) is 0 Å². The smallest absolute Gasteiger partial charge is 0.119 e. The van der Waals surface area contributed by atoms with Crippen LogP contribution < -0.4 is 4.74 Å². The average Bonchev–Trinajstić information content (AvgIpc) is 2.91. The van der Waals surface area contributed by atoms with Crippen molar-refractivity contribution in [2.75, 3.05) is 6.61 Å². The number of rotatable bonds is 4. The molecule has 2 rings (SSSR count). The summed E-state index contributed by atoms with van der Waals surface area (Å²) >= 11 is 0. The second-order valence-corrected chi connectivity index (χ2v) is 5.19. The van der Waals surface area contributed by atoms with E-state index in [1.807, 2.05) is 26.0 Å². The van der Waals surface area contributed by atoms with E-state index in [4.69, 9.17) is 9.84 Å². The summed E-state index contributed by atoms with van der Waals surface area (Å²) in [6.07, 6.45) is 1.31. The van der Waals surface area contributed by atoms with Crippen molar-refractivity contribution in [2.24, 2.45) is 5.92 Å². The van der Waals surface area contributed by atoms with Gasteiger partial charge in [0, 0.05) is 6.61 Å². The Hall–Kier alpha value is -1.02. The van der Waals surface area contributed by atoms with Crippen LogP contribution in [-0.2, 0) is 5.41 Å². The molecule has 2 nitrogen and oxygen atoms in total. The molecular formula is C14H20O2. The first-order valence-corrected chi connectivity index (χ1v) is 5.94. The molecule has 2 heteroatoms. The molecule has 1 aromatic rings. The molecule has 16 heavy (non-hydrogen) atoms. The summed E-state index contributed by atoms with van der Waals surface area (Å²) in [6.45, 7) is 6.56. The zero-order valence-corrected chi connectivity index (χ0v) is 10.2. The first kappa shape index (κ1) is 11.5. The van der Waals surface area contributed by atoms with Crippen molar-refractivity contribution in [3.8, 4) is 5.75 Å². The van der Waals surface area contributed by atoms with Crippen molar-refractivity contribution in [3.63, 3.8) is 0 Å². The number of aliphatic hydroxyl groups is 1. The third kappa shape index (κ3) is 2.07. The van der Waals surface area contributed by atoms with Crippen molar-refractivity contribution in [2.45, 2.75) is 38.7 Å². The highest BCUT2D eigenvalue weighted by Gasteiger charge is 2.50. The monoisotopic (exact) mass is 220 g/mol. The van der Waals surface area contributed by atoms with Gasteiger partial charge in [-0.2, -0.15) is 0 Å². The highest BCUT2D eigenvalue weighted by molar-refractivity contribution is 5.36. The largest absolute Gasteiger partial charge is 0.491 e. The number of aliphatic hydroxyl groups excluding tert-OH is 1. The van der Waals surface area contributed by atoms with Crippen LogP contribution in [0.3, 0.4) is 0 Å². The Morgan fingerprint density at radius 2 is 2.00 bits per heavy atom. The van der Waals surface area contributed by atoms with Gasteiger partial charge < -0.3 is 9.84 Å². The van der Waals surface area contributed by atoms with Gasteiger partial charge in [-0.1, -0.05) is 19.1 Å². The van der Waals surface area contributed by atoms with Crippen LogP contribution in [-0.4, -0.2) is 17.8 Å². The van der Waals surface area contributed by atoms with Gasteiger partial charge in [0.15, 0.2) is 0 Å². The molecule has 0 aliphatic heterocycles. The van der Waals surface area contributed by atoms with Gasteiger partial charge in [0.05, 0.1) is 6.10 Å². The van der Waals surface area contributed by atoms with Crippen LogP contribution in [0.15, 0.2) is 24.3 Å². The van der Waals surface area contributed by atoms with Crippen molar-refractivity contribution in [1.29, 1.82) is 0 Å². The number of benzene rings is 1. The topological polar surface area (TPSA) is 29.5 Å². The van der Waals surface area contributed by atoms with Crippen molar-refractivity contribution >= 4 is 0 Å². The van der Waals surface area contributed by atoms with E-state index in [2.05, 4.69) is 19.1 Å². The molecule has 0 radical (unpaired) electrons. The molecule has 0 aromatic heterocycles. The Kier molecular flexibility index (Phi) is 2.94. The Morgan fingerprint density at radius 1 is 1.38 bits per heavy atom. The lowest BCUT2D eigenvalue weighted by atomic mass is 9.96. The summed E-state index contributed by atoms with van der Waals surface area (Å²) < 4.78 is 5.61. The van der Waals surface area contributed by atoms with E-state index in [9.17, 15) is 0 Å². The molecule has 0 spiro atoms. The molecule has 1 aromatic carbocycles. The third-order valence-electron chi connectivity index (χ3n) is 3.52. The highest BCUT2D eigenvalue weighted by atomic mass is 16.5. The van der Waals surface area contributed by atoms with Crippen LogP contribution in [0.25, 0.3) is 0 Å². The molecule has 1 aliphatic carbocycles. The highest BCUT2D eigenvalue weighted by Crippen LogP contribution is 2.53. The minimum absolute atomic E-state index is 0.186. The summed E-state index contributed by atoms with van der Waals surface area (Å²) in [5.74, 6) is 1.35. The van der Waals surface area contributed by atoms with Crippen LogP contribution in [0.4, 0.5) is 0 Å². The van der Waals surface area contributed by atoms with Crippen LogP contribution in [0.1, 0.15) is 32.8 Å². The van der Waals surface area contributed by atoms with Gasteiger partial charge in [-0.15, -0.1) is 0 Å². The first-order chi connectivity index (χ1) is 7.56. The van der Waals surface area contributed by atoms with E-state index >= 15 is 0 Å². The second-order valence-electron chi connectivity index (χ2n) is 5.19. The van der Waals surface area contributed by atoms with E-state index in [1.165, 1.54) is 5.56 Å². The number of ether oxygens (including phenoxy) is 1. The molecule has 1 fully saturated rings. The minimum atomic E-state index is 0.186. The average molecular weight is 220 g/mol. The predicted molar refractivity (Wildman–Crippen MR) is 64.8 cm³/mol. The lowest BCUT2D eigenvalue weighted by Crippen LogP contribution is -2.08. The van der Waals surface area contributed by atoms with Crippen LogP contribution in [0, 0.1) is 5.92 Å². The maximum Gasteiger partial charge on any atom is 0.119 e. The maximum absolute atomic E-state index is 9.15. The SMILES string of the molecule is CC(C)Oc1ccc(C2(C)CC2CO)cc1. The molecule has 1 saturated carbocycles. The summed E-state index contributed by atoms with van der Waals surface area (Å²) in [5, 5.41) is 9.15. The minimum Gasteiger partial charge on any atom is -0.491 e. The van der Waals surface area contributed by atoms with E-state index in [0.717, 1.165) is 12.2 Å². The normalized spacial score (nSPS) is 28.2. The summed E-state index contributed by atoms with van der Waals surface area (Å²) in [7, 11) is 0. The van der Waals surface area contributed by atoms with Crippen LogP contribution >= 0.6 is 0 Å². The van der Waals surface area contributed by atoms with Crippen LogP contribution in [0.2, 0.25) is 0 Å². The summed E-state index contributed by atoms with van der Waals surface area (Å²) in [5.41, 5.74) is 1.49.